The predicted molar refractivity (Wildman–Crippen MR) is 79.2 cm³/mol. The van der Waals surface area contributed by atoms with Gasteiger partial charge < -0.3 is 14.6 Å². The second-order valence-corrected chi connectivity index (χ2v) is 6.06. The second kappa shape index (κ2) is 7.19. The Morgan fingerprint density at radius 1 is 1.45 bits per heavy atom. The number of nitrogens with one attached hydrogen (secondary N) is 1. The number of amides is 1. The molecule has 7 nitrogen and oxygen atoms in total. The van der Waals surface area contributed by atoms with Crippen molar-refractivity contribution in [3.05, 3.63) is 11.7 Å². The second-order valence-electron chi connectivity index (χ2n) is 6.06. The molecule has 0 radical (unpaired) electrons. The van der Waals surface area contributed by atoms with E-state index in [-0.39, 0.29) is 11.9 Å². The third kappa shape index (κ3) is 3.64. The number of hydrogen-bond acceptors (Lipinski definition) is 6. The summed E-state index contributed by atoms with van der Waals surface area (Å²) in [5, 5.41) is 7.07. The lowest BCUT2D eigenvalue weighted by molar-refractivity contribution is -0.122. The fraction of sp³-hybridized carbons (Fsp3) is 0.800. The summed E-state index contributed by atoms with van der Waals surface area (Å²) in [6, 6.07) is 0.101. The van der Waals surface area contributed by atoms with Crippen molar-refractivity contribution in [2.24, 2.45) is 5.92 Å². The number of ether oxygens (including phenoxy) is 1. The van der Waals surface area contributed by atoms with Crippen molar-refractivity contribution in [2.75, 3.05) is 32.8 Å². The van der Waals surface area contributed by atoms with Crippen LogP contribution in [0.2, 0.25) is 0 Å². The number of rotatable bonds is 6. The molecule has 1 amide bonds. The Bertz CT molecular complexity index is 499. The number of nitrogens with zero attached hydrogens (tertiary/aromatic N) is 3. The molecule has 0 unspecified atom stereocenters. The molecule has 7 heteroatoms. The Kier molecular flexibility index (Phi) is 5.04. The van der Waals surface area contributed by atoms with Gasteiger partial charge in [-0.25, -0.2) is 0 Å². The van der Waals surface area contributed by atoms with Gasteiger partial charge in [0.15, 0.2) is 5.82 Å². The standard InChI is InChI=1S/C15H24N4O3/c1-2-14-17-15(18-22-14)12-4-3-6-19(12)9-13(20)16-8-11-5-7-21-10-11/h11-12H,2-10H2,1H3,(H,16,20)/t11-,12+/m1/s1. The molecule has 2 aliphatic rings. The summed E-state index contributed by atoms with van der Waals surface area (Å²) in [7, 11) is 0. The van der Waals surface area contributed by atoms with Gasteiger partial charge in [0.05, 0.1) is 19.2 Å². The van der Waals surface area contributed by atoms with Gasteiger partial charge in [-0.05, 0) is 25.8 Å². The Labute approximate surface area is 130 Å². The Morgan fingerprint density at radius 3 is 3.09 bits per heavy atom. The first kappa shape index (κ1) is 15.4. The van der Waals surface area contributed by atoms with Crippen LogP contribution in [0.4, 0.5) is 0 Å². The van der Waals surface area contributed by atoms with Crippen molar-refractivity contribution in [2.45, 2.75) is 38.6 Å². The molecule has 122 valence electrons. The Balaban J connectivity index is 1.50. The zero-order valence-corrected chi connectivity index (χ0v) is 13.1. The molecule has 0 spiro atoms. The molecule has 2 atom stereocenters. The van der Waals surface area contributed by atoms with Crippen LogP contribution in [0.15, 0.2) is 4.52 Å². The molecule has 2 saturated heterocycles. The predicted octanol–water partition coefficient (Wildman–Crippen LogP) is 0.922. The molecular formula is C15H24N4O3. The largest absolute Gasteiger partial charge is 0.381 e. The molecule has 3 heterocycles. The highest BCUT2D eigenvalue weighted by atomic mass is 16.5. The van der Waals surface area contributed by atoms with E-state index in [2.05, 4.69) is 20.4 Å². The molecule has 0 saturated carbocycles. The van der Waals surface area contributed by atoms with Gasteiger partial charge in [-0.1, -0.05) is 12.1 Å². The first-order valence-electron chi connectivity index (χ1n) is 8.17. The first-order valence-corrected chi connectivity index (χ1v) is 8.17. The zero-order valence-electron chi connectivity index (χ0n) is 13.1. The van der Waals surface area contributed by atoms with Crippen molar-refractivity contribution >= 4 is 5.91 Å². The number of hydrogen-bond donors (Lipinski definition) is 1. The maximum atomic E-state index is 12.1. The highest BCUT2D eigenvalue weighted by Gasteiger charge is 2.31. The zero-order chi connectivity index (χ0) is 15.4. The quantitative estimate of drug-likeness (QED) is 0.842. The van der Waals surface area contributed by atoms with Crippen LogP contribution in [0.5, 0.6) is 0 Å². The molecule has 1 aromatic rings. The van der Waals surface area contributed by atoms with Gasteiger partial charge in [-0.15, -0.1) is 0 Å². The van der Waals surface area contributed by atoms with E-state index in [0.29, 0.717) is 30.7 Å². The van der Waals surface area contributed by atoms with Crippen LogP contribution in [-0.4, -0.2) is 53.8 Å². The Morgan fingerprint density at radius 2 is 2.36 bits per heavy atom. The van der Waals surface area contributed by atoms with Crippen LogP contribution in [0.3, 0.4) is 0 Å². The van der Waals surface area contributed by atoms with Crippen LogP contribution in [0.1, 0.15) is 43.9 Å². The van der Waals surface area contributed by atoms with E-state index in [1.54, 1.807) is 0 Å². The molecule has 2 fully saturated rings. The van der Waals surface area contributed by atoms with E-state index in [1.165, 1.54) is 0 Å². The summed E-state index contributed by atoms with van der Waals surface area (Å²) in [5.74, 6) is 1.90. The summed E-state index contributed by atoms with van der Waals surface area (Å²) >= 11 is 0. The number of aromatic nitrogens is 2. The van der Waals surface area contributed by atoms with Crippen LogP contribution < -0.4 is 5.32 Å². The minimum absolute atomic E-state index is 0.0676. The molecule has 1 aromatic heterocycles. The van der Waals surface area contributed by atoms with Gasteiger partial charge in [0, 0.05) is 25.5 Å². The van der Waals surface area contributed by atoms with Gasteiger partial charge in [-0.2, -0.15) is 4.98 Å². The van der Waals surface area contributed by atoms with Gasteiger partial charge in [0.2, 0.25) is 11.8 Å². The van der Waals surface area contributed by atoms with Crippen LogP contribution in [-0.2, 0) is 16.0 Å². The summed E-state index contributed by atoms with van der Waals surface area (Å²) in [6.07, 6.45) is 3.82. The van der Waals surface area contributed by atoms with Crippen LogP contribution in [0.25, 0.3) is 0 Å². The number of likely N-dealkylation sites (tertiary alicyclic amines) is 1. The minimum Gasteiger partial charge on any atom is -0.381 e. The first-order chi connectivity index (χ1) is 10.8. The summed E-state index contributed by atoms with van der Waals surface area (Å²) < 4.78 is 10.5. The van der Waals surface area contributed by atoms with Crippen molar-refractivity contribution in [1.29, 1.82) is 0 Å². The van der Waals surface area contributed by atoms with E-state index in [4.69, 9.17) is 9.26 Å². The van der Waals surface area contributed by atoms with Gasteiger partial charge in [0.1, 0.15) is 0 Å². The monoisotopic (exact) mass is 308 g/mol. The molecule has 3 rings (SSSR count). The Hall–Kier alpha value is -1.47. The molecule has 0 aromatic carbocycles. The molecule has 0 bridgehead atoms. The van der Waals surface area contributed by atoms with E-state index < -0.39 is 0 Å². The average molecular weight is 308 g/mol. The minimum atomic E-state index is 0.0676. The fourth-order valence-electron chi connectivity index (χ4n) is 3.10. The lowest BCUT2D eigenvalue weighted by Gasteiger charge is -2.21. The third-order valence-electron chi connectivity index (χ3n) is 4.41. The smallest absolute Gasteiger partial charge is 0.234 e. The van der Waals surface area contributed by atoms with Crippen molar-refractivity contribution in [1.82, 2.24) is 20.4 Å². The average Bonchev–Trinajstić information content (AvgIpc) is 3.26. The molecule has 1 N–H and O–H groups in total. The molecule has 0 aliphatic carbocycles. The normalized spacial score (nSPS) is 25.7. The van der Waals surface area contributed by atoms with Gasteiger partial charge in [0.25, 0.3) is 0 Å². The highest BCUT2D eigenvalue weighted by molar-refractivity contribution is 5.78. The van der Waals surface area contributed by atoms with E-state index in [1.807, 2.05) is 6.92 Å². The van der Waals surface area contributed by atoms with E-state index in [9.17, 15) is 4.79 Å². The van der Waals surface area contributed by atoms with Gasteiger partial charge in [-0.3, -0.25) is 9.69 Å². The summed E-state index contributed by atoms with van der Waals surface area (Å²) in [4.78, 5) is 18.7. The third-order valence-corrected chi connectivity index (χ3v) is 4.41. The van der Waals surface area contributed by atoms with E-state index >= 15 is 0 Å². The van der Waals surface area contributed by atoms with Crippen LogP contribution >= 0.6 is 0 Å². The maximum absolute atomic E-state index is 12.1. The fourth-order valence-corrected chi connectivity index (χ4v) is 3.10. The topological polar surface area (TPSA) is 80.5 Å². The summed E-state index contributed by atoms with van der Waals surface area (Å²) in [6.45, 7) is 5.57. The molecular weight excluding hydrogens is 284 g/mol. The van der Waals surface area contributed by atoms with Crippen LogP contribution in [0, 0.1) is 5.92 Å². The lowest BCUT2D eigenvalue weighted by atomic mass is 10.1. The maximum Gasteiger partial charge on any atom is 0.234 e. The highest BCUT2D eigenvalue weighted by Crippen LogP contribution is 2.29. The number of aryl methyl sites for hydroxylation is 1. The lowest BCUT2D eigenvalue weighted by Crippen LogP contribution is -2.39. The van der Waals surface area contributed by atoms with Crippen molar-refractivity contribution in [3.63, 3.8) is 0 Å². The van der Waals surface area contributed by atoms with E-state index in [0.717, 1.165) is 45.4 Å². The molecule has 2 aliphatic heterocycles. The summed E-state index contributed by atoms with van der Waals surface area (Å²) in [5.41, 5.74) is 0. The number of carbonyl (C=O) groups is 1. The van der Waals surface area contributed by atoms with Gasteiger partial charge >= 0.3 is 0 Å². The SMILES string of the molecule is CCc1nc([C@@H]2CCCN2CC(=O)NC[C@H]2CCOC2)no1. The molecule has 22 heavy (non-hydrogen) atoms. The number of carbonyl (C=O) groups excluding carboxylic acids is 1. The van der Waals surface area contributed by atoms with Crippen molar-refractivity contribution in [3.8, 4) is 0 Å². The van der Waals surface area contributed by atoms with Crippen molar-refractivity contribution < 1.29 is 14.1 Å².